The number of nitrogens with one attached hydrogen (secondary N) is 1. The topological polar surface area (TPSA) is 88.8 Å². The molecule has 0 saturated carbocycles. The van der Waals surface area contributed by atoms with E-state index in [2.05, 4.69) is 85.7 Å². The highest BCUT2D eigenvalue weighted by atomic mass is 16.7. The summed E-state index contributed by atoms with van der Waals surface area (Å²) in [6.07, 6.45) is 1.58. The molecule has 0 amide bonds. The lowest BCUT2D eigenvalue weighted by atomic mass is 9.96. The highest BCUT2D eigenvalue weighted by Crippen LogP contribution is 2.34. The predicted molar refractivity (Wildman–Crippen MR) is 145 cm³/mol. The summed E-state index contributed by atoms with van der Waals surface area (Å²) < 4.78 is 10.9. The maximum Gasteiger partial charge on any atom is 0.231 e. The van der Waals surface area contributed by atoms with Crippen LogP contribution in [0.15, 0.2) is 85.2 Å². The Morgan fingerprint density at radius 1 is 0.811 bits per heavy atom. The first-order valence-corrected chi connectivity index (χ1v) is 12.6. The first kappa shape index (κ1) is 23.1. The highest BCUT2D eigenvalue weighted by Gasteiger charge is 2.28. The summed E-state index contributed by atoms with van der Waals surface area (Å²) in [7, 11) is 0. The number of nitrogens with zero attached hydrogens (tertiary/aromatic N) is 4. The molecule has 0 bridgehead atoms. The molecule has 4 aromatic rings. The zero-order chi connectivity index (χ0) is 25.0. The number of anilines is 3. The molecule has 6 rings (SSSR count). The molecule has 8 heteroatoms. The van der Waals surface area contributed by atoms with Crippen molar-refractivity contribution in [2.75, 3.05) is 48.9 Å². The van der Waals surface area contributed by atoms with Crippen LogP contribution in [0, 0.1) is 0 Å². The van der Waals surface area contributed by atoms with Gasteiger partial charge in [-0.25, -0.2) is 9.97 Å². The van der Waals surface area contributed by atoms with E-state index in [-0.39, 0.29) is 12.8 Å². The van der Waals surface area contributed by atoms with E-state index in [0.717, 1.165) is 49.1 Å². The zero-order valence-corrected chi connectivity index (χ0v) is 20.6. The van der Waals surface area contributed by atoms with Crippen molar-refractivity contribution in [2.24, 2.45) is 0 Å². The molecule has 0 unspecified atom stereocenters. The van der Waals surface area contributed by atoms with Gasteiger partial charge in [-0.05, 0) is 28.8 Å². The SMILES string of the molecule is Nc1c(NCc2ccc3c(c2)OCO3)ncnc1N1CCN(C(c2ccccc2)c2ccccc2)CC1. The number of hydrogen-bond acceptors (Lipinski definition) is 8. The maximum absolute atomic E-state index is 6.56. The van der Waals surface area contributed by atoms with Gasteiger partial charge < -0.3 is 25.4 Å². The van der Waals surface area contributed by atoms with E-state index in [9.17, 15) is 0 Å². The Labute approximate surface area is 216 Å². The van der Waals surface area contributed by atoms with Crippen molar-refractivity contribution >= 4 is 17.3 Å². The lowest BCUT2D eigenvalue weighted by molar-refractivity contribution is 0.174. The lowest BCUT2D eigenvalue weighted by Gasteiger charge is -2.40. The van der Waals surface area contributed by atoms with Crippen LogP contribution in [0.1, 0.15) is 22.7 Å². The molecule has 0 spiro atoms. The Balaban J connectivity index is 1.15. The third-order valence-corrected chi connectivity index (χ3v) is 6.97. The van der Waals surface area contributed by atoms with Crippen molar-refractivity contribution in [1.82, 2.24) is 14.9 Å². The number of aromatic nitrogens is 2. The van der Waals surface area contributed by atoms with Gasteiger partial charge >= 0.3 is 0 Å². The number of fused-ring (bicyclic) bond motifs is 1. The van der Waals surface area contributed by atoms with Crippen molar-refractivity contribution in [3.63, 3.8) is 0 Å². The first-order valence-electron chi connectivity index (χ1n) is 12.6. The monoisotopic (exact) mass is 494 g/mol. The van der Waals surface area contributed by atoms with Crippen LogP contribution in [-0.4, -0.2) is 47.8 Å². The third kappa shape index (κ3) is 4.88. The van der Waals surface area contributed by atoms with Gasteiger partial charge in [0.15, 0.2) is 23.1 Å². The minimum absolute atomic E-state index is 0.214. The van der Waals surface area contributed by atoms with Gasteiger partial charge in [0.2, 0.25) is 6.79 Å². The molecule has 3 N–H and O–H groups in total. The van der Waals surface area contributed by atoms with Crippen LogP contribution >= 0.6 is 0 Å². The summed E-state index contributed by atoms with van der Waals surface area (Å²) in [5.74, 6) is 2.95. The molecular formula is C29H30N6O2. The van der Waals surface area contributed by atoms with Crippen LogP contribution in [0.4, 0.5) is 17.3 Å². The summed E-state index contributed by atoms with van der Waals surface area (Å²) in [5, 5.41) is 3.36. The third-order valence-electron chi connectivity index (χ3n) is 6.97. The summed E-state index contributed by atoms with van der Waals surface area (Å²) in [6.45, 7) is 4.30. The number of rotatable bonds is 7. The van der Waals surface area contributed by atoms with E-state index in [0.29, 0.717) is 18.1 Å². The molecule has 37 heavy (non-hydrogen) atoms. The minimum atomic E-state index is 0.214. The quantitative estimate of drug-likeness (QED) is 0.393. The summed E-state index contributed by atoms with van der Waals surface area (Å²) in [6, 6.07) is 27.6. The van der Waals surface area contributed by atoms with Gasteiger partial charge in [-0.3, -0.25) is 4.90 Å². The molecule has 3 heterocycles. The number of hydrogen-bond donors (Lipinski definition) is 2. The normalized spacial score (nSPS) is 15.2. The second-order valence-corrected chi connectivity index (χ2v) is 9.25. The number of nitrogens with two attached hydrogens (primary N) is 1. The van der Waals surface area contributed by atoms with E-state index in [1.54, 1.807) is 6.33 Å². The summed E-state index contributed by atoms with van der Waals surface area (Å²) >= 11 is 0. The van der Waals surface area contributed by atoms with Gasteiger partial charge in [0.05, 0.1) is 6.04 Å². The molecule has 1 saturated heterocycles. The van der Waals surface area contributed by atoms with Crippen molar-refractivity contribution in [2.45, 2.75) is 12.6 Å². The van der Waals surface area contributed by atoms with Gasteiger partial charge in [-0.1, -0.05) is 66.7 Å². The maximum atomic E-state index is 6.56. The fourth-order valence-corrected chi connectivity index (χ4v) is 5.09. The van der Waals surface area contributed by atoms with E-state index in [4.69, 9.17) is 15.2 Å². The van der Waals surface area contributed by atoms with Crippen LogP contribution in [0.5, 0.6) is 11.5 Å². The van der Waals surface area contributed by atoms with E-state index in [1.807, 2.05) is 18.2 Å². The predicted octanol–water partition coefficient (Wildman–Crippen LogP) is 4.31. The molecule has 2 aliphatic heterocycles. The van der Waals surface area contributed by atoms with Gasteiger partial charge in [-0.15, -0.1) is 0 Å². The zero-order valence-electron chi connectivity index (χ0n) is 20.6. The van der Waals surface area contributed by atoms with E-state index >= 15 is 0 Å². The van der Waals surface area contributed by atoms with Gasteiger partial charge in [0, 0.05) is 32.7 Å². The van der Waals surface area contributed by atoms with Crippen LogP contribution in [-0.2, 0) is 6.54 Å². The lowest BCUT2D eigenvalue weighted by Crippen LogP contribution is -2.48. The molecule has 1 fully saturated rings. The summed E-state index contributed by atoms with van der Waals surface area (Å²) in [5.41, 5.74) is 10.8. The van der Waals surface area contributed by atoms with Gasteiger partial charge in [-0.2, -0.15) is 0 Å². The Bertz CT molecular complexity index is 1300. The van der Waals surface area contributed by atoms with Crippen molar-refractivity contribution in [3.8, 4) is 11.5 Å². The molecule has 0 aliphatic carbocycles. The molecule has 3 aromatic carbocycles. The second kappa shape index (κ2) is 10.4. The molecule has 188 valence electrons. The fourth-order valence-electron chi connectivity index (χ4n) is 5.09. The standard InChI is InChI=1S/C29H30N6O2/c30-26-28(31-18-21-11-12-24-25(17-21)37-20-36-24)32-19-33-29(26)35-15-13-34(14-16-35)27(22-7-3-1-4-8-22)23-9-5-2-6-10-23/h1-12,17,19,27H,13-16,18,20,30H2,(H,31,32,33). The molecule has 0 radical (unpaired) electrons. The van der Waals surface area contributed by atoms with Crippen molar-refractivity contribution < 1.29 is 9.47 Å². The van der Waals surface area contributed by atoms with E-state index < -0.39 is 0 Å². The molecule has 1 aromatic heterocycles. The average molecular weight is 495 g/mol. The molecular weight excluding hydrogens is 464 g/mol. The molecule has 0 atom stereocenters. The first-order chi connectivity index (χ1) is 18.3. The average Bonchev–Trinajstić information content (AvgIpc) is 3.42. The number of ether oxygens (including phenoxy) is 2. The largest absolute Gasteiger partial charge is 0.454 e. The number of nitrogen functional groups attached to an aromatic ring is 1. The Hall–Kier alpha value is -4.30. The van der Waals surface area contributed by atoms with Crippen LogP contribution in [0.2, 0.25) is 0 Å². The Morgan fingerprint density at radius 3 is 2.19 bits per heavy atom. The Kier molecular flexibility index (Phi) is 6.47. The smallest absolute Gasteiger partial charge is 0.231 e. The summed E-state index contributed by atoms with van der Waals surface area (Å²) in [4.78, 5) is 13.7. The van der Waals surface area contributed by atoms with Crippen LogP contribution in [0.3, 0.4) is 0 Å². The Morgan fingerprint density at radius 2 is 1.49 bits per heavy atom. The molecule has 2 aliphatic rings. The van der Waals surface area contributed by atoms with Crippen LogP contribution in [0.25, 0.3) is 0 Å². The number of benzene rings is 3. The highest BCUT2D eigenvalue weighted by molar-refractivity contribution is 5.75. The van der Waals surface area contributed by atoms with Crippen molar-refractivity contribution in [1.29, 1.82) is 0 Å². The van der Waals surface area contributed by atoms with E-state index in [1.165, 1.54) is 11.1 Å². The molecule has 8 nitrogen and oxygen atoms in total. The second-order valence-electron chi connectivity index (χ2n) is 9.25. The van der Waals surface area contributed by atoms with Crippen LogP contribution < -0.4 is 25.4 Å². The van der Waals surface area contributed by atoms with Gasteiger partial charge in [0.25, 0.3) is 0 Å². The van der Waals surface area contributed by atoms with Gasteiger partial charge in [0.1, 0.15) is 12.0 Å². The minimum Gasteiger partial charge on any atom is -0.454 e. The van der Waals surface area contributed by atoms with Crippen molar-refractivity contribution in [3.05, 3.63) is 102 Å². The number of piperazine rings is 1. The fraction of sp³-hybridized carbons (Fsp3) is 0.241.